The molecule has 6 nitrogen and oxygen atoms in total. The van der Waals surface area contributed by atoms with E-state index in [9.17, 15) is 0 Å². The summed E-state index contributed by atoms with van der Waals surface area (Å²) in [5.41, 5.74) is 3.45. The number of aromatic amines is 1. The van der Waals surface area contributed by atoms with Gasteiger partial charge in [0.15, 0.2) is 0 Å². The van der Waals surface area contributed by atoms with Crippen molar-refractivity contribution in [3.8, 4) is 0 Å². The van der Waals surface area contributed by atoms with Crippen LogP contribution in [0.1, 0.15) is 19.4 Å². The number of aryl methyl sites for hydroxylation is 1. The van der Waals surface area contributed by atoms with Crippen LogP contribution in [0.4, 0.5) is 11.5 Å². The third kappa shape index (κ3) is 2.48. The maximum Gasteiger partial charge on any atom is 0.143 e. The number of piperazine rings is 1. The molecular formula is C18H22N6. The summed E-state index contributed by atoms with van der Waals surface area (Å²) in [5, 5.41) is 1.17. The van der Waals surface area contributed by atoms with Gasteiger partial charge in [-0.15, -0.1) is 0 Å². The van der Waals surface area contributed by atoms with Gasteiger partial charge in [0.05, 0.1) is 5.39 Å². The molecule has 1 N–H and O–H groups in total. The Labute approximate surface area is 141 Å². The highest BCUT2D eigenvalue weighted by Crippen LogP contribution is 2.29. The summed E-state index contributed by atoms with van der Waals surface area (Å²) in [6.07, 6.45) is 8.41. The van der Waals surface area contributed by atoms with Crippen molar-refractivity contribution < 1.29 is 0 Å². The number of hydrogen-bond donors (Lipinski definition) is 1. The van der Waals surface area contributed by atoms with Gasteiger partial charge in [-0.1, -0.05) is 6.92 Å². The molecule has 0 saturated carbocycles. The first kappa shape index (κ1) is 14.9. The molecule has 0 aliphatic carbocycles. The topological polar surface area (TPSA) is 60.9 Å². The second kappa shape index (κ2) is 6.11. The molecule has 1 aliphatic heterocycles. The first-order valence-corrected chi connectivity index (χ1v) is 8.50. The highest BCUT2D eigenvalue weighted by molar-refractivity contribution is 5.91. The summed E-state index contributed by atoms with van der Waals surface area (Å²) in [7, 11) is 0. The molecule has 124 valence electrons. The van der Waals surface area contributed by atoms with E-state index in [0.717, 1.165) is 37.5 Å². The summed E-state index contributed by atoms with van der Waals surface area (Å²) in [6.45, 7) is 7.31. The van der Waals surface area contributed by atoms with Crippen molar-refractivity contribution in [1.82, 2.24) is 19.9 Å². The molecule has 1 fully saturated rings. The van der Waals surface area contributed by atoms with E-state index in [1.54, 1.807) is 6.33 Å². The van der Waals surface area contributed by atoms with Crippen LogP contribution >= 0.6 is 0 Å². The van der Waals surface area contributed by atoms with Crippen LogP contribution in [0.25, 0.3) is 11.0 Å². The molecular weight excluding hydrogens is 300 g/mol. The number of rotatable bonds is 3. The van der Waals surface area contributed by atoms with Crippen LogP contribution in [0.15, 0.2) is 37.1 Å². The van der Waals surface area contributed by atoms with Crippen molar-refractivity contribution in [3.05, 3.63) is 42.6 Å². The van der Waals surface area contributed by atoms with Gasteiger partial charge in [0.25, 0.3) is 0 Å². The highest BCUT2D eigenvalue weighted by Gasteiger charge is 2.26. The third-order valence-electron chi connectivity index (χ3n) is 4.83. The zero-order chi connectivity index (χ0) is 16.5. The molecule has 3 aromatic rings. The van der Waals surface area contributed by atoms with Gasteiger partial charge in [-0.25, -0.2) is 9.97 Å². The molecule has 1 aliphatic rings. The zero-order valence-electron chi connectivity index (χ0n) is 14.1. The van der Waals surface area contributed by atoms with Crippen molar-refractivity contribution >= 4 is 22.5 Å². The predicted octanol–water partition coefficient (Wildman–Crippen LogP) is 2.63. The molecule has 1 atom stereocenters. The Morgan fingerprint density at radius 3 is 2.79 bits per heavy atom. The standard InChI is InChI=1S/C18H22N6/c1-3-14-10-20-17-16(14)18(22-12-21-17)23-8-9-24(13(2)11-23)15-4-6-19-7-5-15/h4-7,10,12-13H,3,8-9,11H2,1-2H3,(H,20,21,22). The van der Waals surface area contributed by atoms with Crippen LogP contribution < -0.4 is 9.80 Å². The van der Waals surface area contributed by atoms with Gasteiger partial charge in [-0.05, 0) is 31.0 Å². The average Bonchev–Trinajstić information content (AvgIpc) is 3.05. The number of hydrogen-bond acceptors (Lipinski definition) is 5. The lowest BCUT2D eigenvalue weighted by Gasteiger charge is -2.41. The first-order valence-electron chi connectivity index (χ1n) is 8.50. The van der Waals surface area contributed by atoms with Crippen molar-refractivity contribution in [2.24, 2.45) is 0 Å². The van der Waals surface area contributed by atoms with E-state index in [-0.39, 0.29) is 0 Å². The molecule has 6 heteroatoms. The van der Waals surface area contributed by atoms with Crippen LogP contribution in [0.5, 0.6) is 0 Å². The third-order valence-corrected chi connectivity index (χ3v) is 4.83. The zero-order valence-corrected chi connectivity index (χ0v) is 14.1. The van der Waals surface area contributed by atoms with E-state index in [2.05, 4.69) is 61.9 Å². The van der Waals surface area contributed by atoms with Crippen LogP contribution in [-0.2, 0) is 6.42 Å². The number of anilines is 2. The summed E-state index contributed by atoms with van der Waals surface area (Å²) in [6, 6.07) is 4.57. The number of pyridine rings is 1. The highest BCUT2D eigenvalue weighted by atomic mass is 15.3. The number of nitrogens with one attached hydrogen (secondary N) is 1. The molecule has 0 aromatic carbocycles. The fraction of sp³-hybridized carbons (Fsp3) is 0.389. The summed E-state index contributed by atoms with van der Waals surface area (Å²) in [4.78, 5) is 21.2. The Kier molecular flexibility index (Phi) is 3.80. The number of fused-ring (bicyclic) bond motifs is 1. The Bertz CT molecular complexity index is 828. The van der Waals surface area contributed by atoms with Gasteiger partial charge >= 0.3 is 0 Å². The second-order valence-corrected chi connectivity index (χ2v) is 6.28. The van der Waals surface area contributed by atoms with E-state index < -0.39 is 0 Å². The summed E-state index contributed by atoms with van der Waals surface area (Å²) in [5.74, 6) is 1.05. The SMILES string of the molecule is CCc1c[nH]c2ncnc(N3CCN(c4ccncc4)C(C)C3)c12. The quantitative estimate of drug-likeness (QED) is 0.803. The molecule has 1 saturated heterocycles. The number of aromatic nitrogens is 4. The minimum atomic E-state index is 0.412. The minimum absolute atomic E-state index is 0.412. The van der Waals surface area contributed by atoms with Gasteiger partial charge in [0.2, 0.25) is 0 Å². The summed E-state index contributed by atoms with van der Waals surface area (Å²) < 4.78 is 0. The monoisotopic (exact) mass is 322 g/mol. The Morgan fingerprint density at radius 1 is 1.21 bits per heavy atom. The summed E-state index contributed by atoms with van der Waals surface area (Å²) >= 11 is 0. The van der Waals surface area contributed by atoms with Crippen molar-refractivity contribution in [2.45, 2.75) is 26.3 Å². The van der Waals surface area contributed by atoms with Crippen LogP contribution in [-0.4, -0.2) is 45.6 Å². The van der Waals surface area contributed by atoms with Gasteiger partial charge in [-0.3, -0.25) is 4.98 Å². The van der Waals surface area contributed by atoms with E-state index in [0.29, 0.717) is 6.04 Å². The fourth-order valence-electron chi connectivity index (χ4n) is 3.60. The van der Waals surface area contributed by atoms with Crippen molar-refractivity contribution in [2.75, 3.05) is 29.4 Å². The largest absolute Gasteiger partial charge is 0.365 e. The Morgan fingerprint density at radius 2 is 2.04 bits per heavy atom. The van der Waals surface area contributed by atoms with Crippen LogP contribution in [0.3, 0.4) is 0 Å². The van der Waals surface area contributed by atoms with E-state index >= 15 is 0 Å². The van der Waals surface area contributed by atoms with E-state index in [1.807, 2.05) is 12.4 Å². The van der Waals surface area contributed by atoms with Gasteiger partial charge in [0.1, 0.15) is 17.8 Å². The maximum absolute atomic E-state index is 4.61. The second-order valence-electron chi connectivity index (χ2n) is 6.28. The molecule has 3 aromatic heterocycles. The molecule has 0 amide bonds. The smallest absolute Gasteiger partial charge is 0.143 e. The van der Waals surface area contributed by atoms with Gasteiger partial charge in [0, 0.05) is 50.0 Å². The Hall–Kier alpha value is -2.63. The lowest BCUT2D eigenvalue weighted by atomic mass is 10.1. The Balaban J connectivity index is 1.63. The van der Waals surface area contributed by atoms with E-state index in [4.69, 9.17) is 0 Å². The normalized spacial score (nSPS) is 18.3. The average molecular weight is 322 g/mol. The minimum Gasteiger partial charge on any atom is -0.365 e. The molecule has 0 spiro atoms. The van der Waals surface area contributed by atoms with E-state index in [1.165, 1.54) is 16.6 Å². The van der Waals surface area contributed by atoms with Crippen molar-refractivity contribution in [1.29, 1.82) is 0 Å². The maximum atomic E-state index is 4.61. The fourth-order valence-corrected chi connectivity index (χ4v) is 3.60. The molecule has 0 bridgehead atoms. The van der Waals surface area contributed by atoms with Gasteiger partial charge < -0.3 is 14.8 Å². The lowest BCUT2D eigenvalue weighted by Crippen LogP contribution is -2.52. The van der Waals surface area contributed by atoms with Crippen molar-refractivity contribution in [3.63, 3.8) is 0 Å². The first-order chi connectivity index (χ1) is 11.8. The molecule has 4 heterocycles. The van der Waals surface area contributed by atoms with Crippen LogP contribution in [0, 0.1) is 0 Å². The van der Waals surface area contributed by atoms with Gasteiger partial charge in [-0.2, -0.15) is 0 Å². The number of nitrogens with zero attached hydrogens (tertiary/aromatic N) is 5. The predicted molar refractivity (Wildman–Crippen MR) is 96.5 cm³/mol. The van der Waals surface area contributed by atoms with Crippen LogP contribution in [0.2, 0.25) is 0 Å². The number of H-pyrrole nitrogens is 1. The molecule has 4 rings (SSSR count). The molecule has 24 heavy (non-hydrogen) atoms. The molecule has 0 radical (unpaired) electrons. The lowest BCUT2D eigenvalue weighted by molar-refractivity contribution is 0.548. The molecule has 1 unspecified atom stereocenters.